The molecule has 0 unspecified atom stereocenters. The minimum Gasteiger partial charge on any atom is -0.507 e. The van der Waals surface area contributed by atoms with Crippen molar-refractivity contribution in [2.24, 2.45) is 0 Å². The Morgan fingerprint density at radius 1 is 0.415 bits per heavy atom. The van der Waals surface area contributed by atoms with Crippen molar-refractivity contribution in [3.8, 4) is 39.1 Å². The molecule has 0 saturated carbocycles. The van der Waals surface area contributed by atoms with Crippen LogP contribution in [-0.2, 0) is 0 Å². The highest BCUT2D eigenvalue weighted by atomic mass is 16.3. The molecule has 0 heterocycles. The summed E-state index contributed by atoms with van der Waals surface area (Å²) in [6.45, 7) is 0. The van der Waals surface area contributed by atoms with Crippen LogP contribution in [0.5, 0.6) is 5.75 Å². The predicted molar refractivity (Wildman–Crippen MR) is 169 cm³/mol. The van der Waals surface area contributed by atoms with E-state index in [0.29, 0.717) is 11.1 Å². The Morgan fingerprint density at radius 3 is 1.59 bits per heavy atom. The zero-order valence-corrected chi connectivity index (χ0v) is 22.3. The molecule has 0 spiro atoms. The van der Waals surface area contributed by atoms with Crippen LogP contribution in [0.3, 0.4) is 0 Å². The number of aromatic hydroxyl groups is 1. The van der Waals surface area contributed by atoms with Crippen molar-refractivity contribution in [2.75, 3.05) is 0 Å². The highest BCUT2D eigenvalue weighted by Crippen LogP contribution is 2.44. The molecule has 0 saturated heterocycles. The highest BCUT2D eigenvalue weighted by Gasteiger charge is 2.18. The summed E-state index contributed by atoms with van der Waals surface area (Å²) < 4.78 is 0. The molecular formula is C39H26O2. The average Bonchev–Trinajstić information content (AvgIpc) is 3.04. The van der Waals surface area contributed by atoms with Gasteiger partial charge in [-0.05, 0) is 79.2 Å². The van der Waals surface area contributed by atoms with E-state index < -0.39 is 0 Å². The third-order valence-corrected chi connectivity index (χ3v) is 7.76. The van der Waals surface area contributed by atoms with Crippen molar-refractivity contribution in [2.45, 2.75) is 0 Å². The number of benzene rings is 7. The van der Waals surface area contributed by atoms with Gasteiger partial charge in [0.1, 0.15) is 5.75 Å². The lowest BCUT2D eigenvalue weighted by Gasteiger charge is -2.18. The maximum atomic E-state index is 13.3. The summed E-state index contributed by atoms with van der Waals surface area (Å²) >= 11 is 0. The summed E-state index contributed by atoms with van der Waals surface area (Å²) in [6, 6.07) is 50.7. The predicted octanol–water partition coefficient (Wildman–Crippen LogP) is 9.93. The quantitative estimate of drug-likeness (QED) is 0.179. The molecule has 7 aromatic rings. The molecule has 194 valence electrons. The number of fused-ring (bicyclic) bond motifs is 2. The number of phenolic OH excluding ortho intramolecular Hbond substituents is 1. The molecular weight excluding hydrogens is 500 g/mol. The van der Waals surface area contributed by atoms with Gasteiger partial charge < -0.3 is 5.11 Å². The van der Waals surface area contributed by atoms with E-state index in [1.165, 1.54) is 32.8 Å². The van der Waals surface area contributed by atoms with Crippen LogP contribution in [0.25, 0.3) is 54.9 Å². The van der Waals surface area contributed by atoms with E-state index in [1.54, 1.807) is 30.3 Å². The minimum absolute atomic E-state index is 0.0126. The van der Waals surface area contributed by atoms with Gasteiger partial charge in [0.15, 0.2) is 5.78 Å². The molecule has 0 aromatic heterocycles. The highest BCUT2D eigenvalue weighted by molar-refractivity contribution is 6.22. The molecule has 0 aliphatic carbocycles. The Kier molecular flexibility index (Phi) is 6.14. The van der Waals surface area contributed by atoms with Crippen molar-refractivity contribution in [1.82, 2.24) is 0 Å². The van der Waals surface area contributed by atoms with Gasteiger partial charge in [-0.2, -0.15) is 0 Å². The van der Waals surface area contributed by atoms with E-state index in [2.05, 4.69) is 91.0 Å². The molecule has 1 N–H and O–H groups in total. The second-order valence-electron chi connectivity index (χ2n) is 10.2. The SMILES string of the molecule is O=C(c1cccc(-c2ccc3c(-c4ccccc4)c4ccccc4c(-c4ccccc4)c3c2)c1)c1ccccc1O. The maximum absolute atomic E-state index is 13.3. The third kappa shape index (κ3) is 4.36. The molecule has 0 fully saturated rings. The summed E-state index contributed by atoms with van der Waals surface area (Å²) in [5.41, 5.74) is 7.55. The van der Waals surface area contributed by atoms with Crippen LogP contribution in [0.4, 0.5) is 0 Å². The molecule has 0 bridgehead atoms. The first-order valence-electron chi connectivity index (χ1n) is 13.7. The van der Waals surface area contributed by atoms with Gasteiger partial charge in [0, 0.05) is 5.56 Å². The first-order chi connectivity index (χ1) is 20.2. The van der Waals surface area contributed by atoms with E-state index >= 15 is 0 Å². The van der Waals surface area contributed by atoms with Gasteiger partial charge >= 0.3 is 0 Å². The number of carbonyl (C=O) groups is 1. The number of hydrogen-bond donors (Lipinski definition) is 1. The summed E-state index contributed by atoms with van der Waals surface area (Å²) in [5, 5.41) is 15.0. The van der Waals surface area contributed by atoms with Crippen LogP contribution in [-0.4, -0.2) is 10.9 Å². The fourth-order valence-electron chi connectivity index (χ4n) is 5.85. The van der Waals surface area contributed by atoms with Crippen molar-refractivity contribution < 1.29 is 9.90 Å². The van der Waals surface area contributed by atoms with Gasteiger partial charge in [-0.15, -0.1) is 0 Å². The lowest BCUT2D eigenvalue weighted by molar-refractivity contribution is 0.103. The Labute approximate surface area is 238 Å². The monoisotopic (exact) mass is 526 g/mol. The van der Waals surface area contributed by atoms with Gasteiger partial charge in [-0.25, -0.2) is 0 Å². The second kappa shape index (κ2) is 10.3. The lowest BCUT2D eigenvalue weighted by Crippen LogP contribution is -2.01. The number of carbonyl (C=O) groups excluding carboxylic acids is 1. The second-order valence-corrected chi connectivity index (χ2v) is 10.2. The van der Waals surface area contributed by atoms with Crippen molar-refractivity contribution in [3.05, 3.63) is 163 Å². The number of para-hydroxylation sites is 1. The fraction of sp³-hybridized carbons (Fsp3) is 0. The summed E-state index contributed by atoms with van der Waals surface area (Å²) in [5.74, 6) is -0.213. The summed E-state index contributed by atoms with van der Waals surface area (Å²) in [7, 11) is 0. The minimum atomic E-state index is -0.201. The maximum Gasteiger partial charge on any atom is 0.196 e. The van der Waals surface area contributed by atoms with Crippen LogP contribution in [0, 0.1) is 0 Å². The Morgan fingerprint density at radius 2 is 0.927 bits per heavy atom. The summed E-state index contributed by atoms with van der Waals surface area (Å²) in [4.78, 5) is 13.3. The van der Waals surface area contributed by atoms with E-state index in [4.69, 9.17) is 0 Å². The average molecular weight is 527 g/mol. The van der Waals surface area contributed by atoms with Gasteiger partial charge in [0.05, 0.1) is 5.56 Å². The van der Waals surface area contributed by atoms with Gasteiger partial charge in [0.2, 0.25) is 0 Å². The molecule has 7 aromatic carbocycles. The van der Waals surface area contributed by atoms with Crippen LogP contribution in [0.2, 0.25) is 0 Å². The first-order valence-corrected chi connectivity index (χ1v) is 13.7. The van der Waals surface area contributed by atoms with Crippen molar-refractivity contribution >= 4 is 27.3 Å². The zero-order valence-electron chi connectivity index (χ0n) is 22.3. The molecule has 0 atom stereocenters. The summed E-state index contributed by atoms with van der Waals surface area (Å²) in [6.07, 6.45) is 0. The van der Waals surface area contributed by atoms with Gasteiger partial charge in [-0.3, -0.25) is 4.79 Å². The van der Waals surface area contributed by atoms with Crippen molar-refractivity contribution in [3.63, 3.8) is 0 Å². The van der Waals surface area contributed by atoms with Crippen molar-refractivity contribution in [1.29, 1.82) is 0 Å². The van der Waals surface area contributed by atoms with Crippen LogP contribution in [0.15, 0.2) is 152 Å². The van der Waals surface area contributed by atoms with Gasteiger partial charge in [0.25, 0.3) is 0 Å². The third-order valence-electron chi connectivity index (χ3n) is 7.76. The molecule has 2 nitrogen and oxygen atoms in total. The van der Waals surface area contributed by atoms with Crippen LogP contribution in [0.1, 0.15) is 15.9 Å². The molecule has 0 radical (unpaired) electrons. The number of rotatable bonds is 5. The number of hydrogen-bond acceptors (Lipinski definition) is 2. The van der Waals surface area contributed by atoms with E-state index in [1.807, 2.05) is 30.3 Å². The smallest absolute Gasteiger partial charge is 0.196 e. The van der Waals surface area contributed by atoms with Crippen LogP contribution >= 0.6 is 0 Å². The lowest BCUT2D eigenvalue weighted by atomic mass is 9.85. The number of phenols is 1. The largest absolute Gasteiger partial charge is 0.507 e. The Bertz CT molecular complexity index is 2060. The zero-order chi connectivity index (χ0) is 27.8. The van der Waals surface area contributed by atoms with Crippen LogP contribution < -0.4 is 0 Å². The molecule has 0 amide bonds. The normalized spacial score (nSPS) is 11.1. The first kappa shape index (κ1) is 24.6. The van der Waals surface area contributed by atoms with E-state index in [0.717, 1.165) is 22.1 Å². The molecule has 7 rings (SSSR count). The molecule has 0 aliphatic heterocycles. The Hall–Kier alpha value is -5.47. The fourth-order valence-corrected chi connectivity index (χ4v) is 5.85. The number of ketones is 1. The topological polar surface area (TPSA) is 37.3 Å². The standard InChI is InChI=1S/C39H26O2/c40-36-21-10-9-20-34(36)39(41)30-17-11-16-28(24-30)29-22-23-33-35(25-29)38(27-14-5-2-6-15-27)32-19-8-7-18-31(32)37(33)26-12-3-1-4-13-26/h1-25,40H. The molecule has 41 heavy (non-hydrogen) atoms. The van der Waals surface area contributed by atoms with E-state index in [9.17, 15) is 9.90 Å². The van der Waals surface area contributed by atoms with Gasteiger partial charge in [-0.1, -0.05) is 127 Å². The Balaban J connectivity index is 1.49. The molecule has 0 aliphatic rings. The molecule has 2 heteroatoms. The van der Waals surface area contributed by atoms with E-state index in [-0.39, 0.29) is 11.5 Å².